The lowest BCUT2D eigenvalue weighted by atomic mass is 10.9. The molecule has 0 aromatic rings. The summed E-state index contributed by atoms with van der Waals surface area (Å²) in [7, 11) is 0. The van der Waals surface area contributed by atoms with Gasteiger partial charge in [-0.2, -0.15) is 0 Å². The smallest absolute Gasteiger partial charge is 0.137 e. The molecule has 6 heavy (non-hydrogen) atoms. The largest absolute Gasteiger partial charge is 0.387 e. The molecule has 3 nitrogen and oxygen atoms in total. The molecular formula is C3H4N2O. The highest BCUT2D eigenvalue weighted by Crippen LogP contribution is 1.76. The van der Waals surface area contributed by atoms with Crippen molar-refractivity contribution in [3.05, 3.63) is 12.5 Å². The lowest BCUT2D eigenvalue weighted by molar-refractivity contribution is 0.193. The van der Waals surface area contributed by atoms with Crippen molar-refractivity contribution in [1.29, 1.82) is 0 Å². The summed E-state index contributed by atoms with van der Waals surface area (Å²) in [5, 5.41) is 0. The van der Waals surface area contributed by atoms with Crippen LogP contribution in [0.2, 0.25) is 0 Å². The molecule has 1 aliphatic rings. The highest BCUT2D eigenvalue weighted by molar-refractivity contribution is 5.54. The molecule has 1 aliphatic heterocycles. The van der Waals surface area contributed by atoms with Crippen LogP contribution in [0.15, 0.2) is 17.5 Å². The molecule has 0 radical (unpaired) electrons. The molecule has 0 fully saturated rings. The number of nitrogens with one attached hydrogen (secondary N) is 1. The SMILES string of the molecule is C1=CONC=N1. The Balaban J connectivity index is 2.46. The van der Waals surface area contributed by atoms with E-state index >= 15 is 0 Å². The topological polar surface area (TPSA) is 33.6 Å². The average Bonchev–Trinajstić information content (AvgIpc) is 1.72. The van der Waals surface area contributed by atoms with Gasteiger partial charge in [0.15, 0.2) is 0 Å². The van der Waals surface area contributed by atoms with Crippen molar-refractivity contribution >= 4 is 6.34 Å². The van der Waals surface area contributed by atoms with Gasteiger partial charge in [-0.05, 0) is 0 Å². The van der Waals surface area contributed by atoms with E-state index in [0.717, 1.165) is 0 Å². The van der Waals surface area contributed by atoms with E-state index < -0.39 is 0 Å². The fourth-order valence-corrected chi connectivity index (χ4v) is 0.209. The molecule has 1 heterocycles. The third-order valence-corrected chi connectivity index (χ3v) is 0.410. The van der Waals surface area contributed by atoms with Gasteiger partial charge in [-0.1, -0.05) is 0 Å². The standard InChI is InChI=1S/C3H4N2O/c1-2-6-5-3-4-1/h1-3H,(H,4,5). The molecule has 0 atom stereocenters. The third-order valence-electron chi connectivity index (χ3n) is 0.410. The number of hydrogen-bond donors (Lipinski definition) is 1. The van der Waals surface area contributed by atoms with Crippen LogP contribution in [0.4, 0.5) is 0 Å². The van der Waals surface area contributed by atoms with Gasteiger partial charge in [-0.25, -0.2) is 10.5 Å². The number of hydroxylamine groups is 1. The number of rotatable bonds is 0. The third kappa shape index (κ3) is 0.484. The van der Waals surface area contributed by atoms with Gasteiger partial charge in [-0.15, -0.1) is 0 Å². The highest BCUT2D eigenvalue weighted by Gasteiger charge is 1.73. The van der Waals surface area contributed by atoms with Crippen molar-refractivity contribution in [2.75, 3.05) is 0 Å². The van der Waals surface area contributed by atoms with Crippen LogP contribution in [-0.4, -0.2) is 6.34 Å². The summed E-state index contributed by atoms with van der Waals surface area (Å²) < 4.78 is 0. The fraction of sp³-hybridized carbons (Fsp3) is 0. The zero-order valence-corrected chi connectivity index (χ0v) is 3.09. The van der Waals surface area contributed by atoms with Crippen LogP contribution < -0.4 is 5.48 Å². The molecule has 0 unspecified atom stereocenters. The molecule has 0 saturated heterocycles. The minimum Gasteiger partial charge on any atom is -0.387 e. The molecule has 0 spiro atoms. The molecular weight excluding hydrogens is 80.0 g/mol. The molecule has 1 N–H and O–H groups in total. The van der Waals surface area contributed by atoms with E-state index in [9.17, 15) is 0 Å². The first kappa shape index (κ1) is 3.21. The summed E-state index contributed by atoms with van der Waals surface area (Å²) in [6.07, 6.45) is 4.47. The zero-order chi connectivity index (χ0) is 4.24. The van der Waals surface area contributed by atoms with Crippen LogP contribution >= 0.6 is 0 Å². The van der Waals surface area contributed by atoms with Crippen molar-refractivity contribution in [3.63, 3.8) is 0 Å². The Bertz CT molecular complexity index is 74.8. The Kier molecular flexibility index (Phi) is 0.774. The van der Waals surface area contributed by atoms with E-state index in [1.807, 2.05) is 0 Å². The van der Waals surface area contributed by atoms with Gasteiger partial charge < -0.3 is 4.84 Å². The lowest BCUT2D eigenvalue weighted by Crippen LogP contribution is -2.08. The summed E-state index contributed by atoms with van der Waals surface area (Å²) >= 11 is 0. The normalized spacial score (nSPS) is 16.0. The second-order valence-corrected chi connectivity index (χ2v) is 0.799. The van der Waals surface area contributed by atoms with Crippen LogP contribution in [0.1, 0.15) is 0 Å². The van der Waals surface area contributed by atoms with Gasteiger partial charge >= 0.3 is 0 Å². The Morgan fingerprint density at radius 2 is 2.67 bits per heavy atom. The molecule has 1 rings (SSSR count). The molecule has 0 aliphatic carbocycles. The van der Waals surface area contributed by atoms with E-state index in [4.69, 9.17) is 0 Å². The molecule has 0 aromatic carbocycles. The number of hydrogen-bond acceptors (Lipinski definition) is 3. The van der Waals surface area contributed by atoms with E-state index in [1.165, 1.54) is 12.6 Å². The molecule has 32 valence electrons. The second kappa shape index (κ2) is 1.45. The van der Waals surface area contributed by atoms with Crippen molar-refractivity contribution in [1.82, 2.24) is 5.48 Å². The van der Waals surface area contributed by atoms with Crippen LogP contribution in [0.5, 0.6) is 0 Å². The maximum atomic E-state index is 4.49. The lowest BCUT2D eigenvalue weighted by Gasteiger charge is -1.96. The highest BCUT2D eigenvalue weighted by atomic mass is 16.6. The van der Waals surface area contributed by atoms with E-state index in [0.29, 0.717) is 0 Å². The molecule has 3 heteroatoms. The minimum absolute atomic E-state index is 1.46. The first-order valence-corrected chi connectivity index (χ1v) is 1.58. The van der Waals surface area contributed by atoms with Gasteiger partial charge in [-0.3, -0.25) is 0 Å². The Morgan fingerprint density at radius 1 is 1.67 bits per heavy atom. The average molecular weight is 84.1 g/mol. The van der Waals surface area contributed by atoms with Gasteiger partial charge in [0.05, 0.1) is 6.20 Å². The minimum atomic E-state index is 1.46. The maximum Gasteiger partial charge on any atom is 0.137 e. The van der Waals surface area contributed by atoms with Gasteiger partial charge in [0.1, 0.15) is 12.6 Å². The quantitative estimate of drug-likeness (QED) is 0.449. The summed E-state index contributed by atoms with van der Waals surface area (Å²) in [6.45, 7) is 0. The van der Waals surface area contributed by atoms with Gasteiger partial charge in [0.2, 0.25) is 0 Å². The summed E-state index contributed by atoms with van der Waals surface area (Å²) in [5.74, 6) is 0. The van der Waals surface area contributed by atoms with Crippen LogP contribution in [0, 0.1) is 0 Å². The van der Waals surface area contributed by atoms with Gasteiger partial charge in [0, 0.05) is 0 Å². The van der Waals surface area contributed by atoms with E-state index in [-0.39, 0.29) is 0 Å². The van der Waals surface area contributed by atoms with E-state index in [1.54, 1.807) is 6.20 Å². The number of aliphatic imine (C=N–C) groups is 1. The van der Waals surface area contributed by atoms with Crippen LogP contribution in [0.25, 0.3) is 0 Å². The Morgan fingerprint density at radius 3 is 2.83 bits per heavy atom. The monoisotopic (exact) mass is 84.0 g/mol. The predicted molar refractivity (Wildman–Crippen MR) is 21.9 cm³/mol. The molecule has 0 bridgehead atoms. The summed E-state index contributed by atoms with van der Waals surface area (Å²) in [6, 6.07) is 0. The van der Waals surface area contributed by atoms with Crippen molar-refractivity contribution in [3.8, 4) is 0 Å². The molecule has 0 aromatic heterocycles. The molecule has 0 amide bonds. The summed E-state index contributed by atoms with van der Waals surface area (Å²) in [5.41, 5.74) is 2.41. The maximum absolute atomic E-state index is 4.49. The molecule has 0 saturated carbocycles. The predicted octanol–water partition coefficient (Wildman–Crippen LogP) is 0.0207. The van der Waals surface area contributed by atoms with Crippen molar-refractivity contribution in [2.45, 2.75) is 0 Å². The van der Waals surface area contributed by atoms with Crippen LogP contribution in [0.3, 0.4) is 0 Å². The van der Waals surface area contributed by atoms with Crippen LogP contribution in [-0.2, 0) is 4.84 Å². The second-order valence-electron chi connectivity index (χ2n) is 0.799. The van der Waals surface area contributed by atoms with Gasteiger partial charge in [0.25, 0.3) is 0 Å². The van der Waals surface area contributed by atoms with Crippen molar-refractivity contribution < 1.29 is 4.84 Å². The first-order chi connectivity index (χ1) is 3.00. The Labute approximate surface area is 35.3 Å². The Hall–Kier alpha value is -0.990. The van der Waals surface area contributed by atoms with E-state index in [2.05, 4.69) is 15.3 Å². The zero-order valence-electron chi connectivity index (χ0n) is 3.09. The first-order valence-electron chi connectivity index (χ1n) is 1.58. The fourth-order valence-electron chi connectivity index (χ4n) is 0.209. The summed E-state index contributed by atoms with van der Waals surface area (Å²) in [4.78, 5) is 8.12. The number of nitrogens with zero attached hydrogens (tertiary/aromatic N) is 1. The van der Waals surface area contributed by atoms with Crippen molar-refractivity contribution in [2.24, 2.45) is 4.99 Å².